The summed E-state index contributed by atoms with van der Waals surface area (Å²) in [5, 5.41) is 18.6. The van der Waals surface area contributed by atoms with Crippen molar-refractivity contribution < 1.29 is 10.0 Å². The predicted octanol–water partition coefficient (Wildman–Crippen LogP) is 0.982. The molecule has 0 aliphatic carbocycles. The first kappa shape index (κ1) is 9.87. The number of hydrogen-bond acceptors (Lipinski definition) is 2. The summed E-state index contributed by atoms with van der Waals surface area (Å²) < 4.78 is 0. The number of halogens is 2. The molecular weight excluding hydrogens is 198 g/mol. The molecule has 0 amide bonds. The van der Waals surface area contributed by atoms with Gasteiger partial charge in [0.15, 0.2) is 0 Å². The third kappa shape index (κ3) is 1.75. The van der Waals surface area contributed by atoms with E-state index in [0.29, 0.717) is 15.6 Å². The molecule has 1 rings (SSSR count). The molecule has 0 radical (unpaired) electrons. The van der Waals surface area contributed by atoms with Gasteiger partial charge in [-0.05, 0) is 24.6 Å². The molecular formula is C7H7BCl2O2. The number of hydrogen-bond donors (Lipinski definition) is 2. The molecule has 0 aliphatic heterocycles. The van der Waals surface area contributed by atoms with E-state index in [-0.39, 0.29) is 5.46 Å². The van der Waals surface area contributed by atoms with Crippen LogP contribution in [0.5, 0.6) is 0 Å². The van der Waals surface area contributed by atoms with Crippen LogP contribution in [0.3, 0.4) is 0 Å². The second kappa shape index (κ2) is 3.67. The maximum absolute atomic E-state index is 8.92. The van der Waals surface area contributed by atoms with Crippen LogP contribution in [0.2, 0.25) is 10.0 Å². The van der Waals surface area contributed by atoms with Crippen LogP contribution in [0.25, 0.3) is 0 Å². The van der Waals surface area contributed by atoms with E-state index in [9.17, 15) is 0 Å². The molecule has 0 aliphatic rings. The highest BCUT2D eigenvalue weighted by molar-refractivity contribution is 6.63. The van der Waals surface area contributed by atoms with Crippen LogP contribution in [0.1, 0.15) is 5.56 Å². The van der Waals surface area contributed by atoms with E-state index >= 15 is 0 Å². The normalized spacial score (nSPS) is 10.1. The van der Waals surface area contributed by atoms with E-state index in [1.807, 2.05) is 0 Å². The first-order valence-corrected chi connectivity index (χ1v) is 4.10. The van der Waals surface area contributed by atoms with Crippen LogP contribution >= 0.6 is 23.2 Å². The van der Waals surface area contributed by atoms with Gasteiger partial charge in [-0.2, -0.15) is 0 Å². The summed E-state index contributed by atoms with van der Waals surface area (Å²) >= 11 is 11.5. The average molecular weight is 205 g/mol. The molecule has 0 saturated carbocycles. The van der Waals surface area contributed by atoms with Gasteiger partial charge in [0, 0.05) is 15.5 Å². The Morgan fingerprint density at radius 2 is 1.67 bits per heavy atom. The quantitative estimate of drug-likeness (QED) is 0.670. The van der Waals surface area contributed by atoms with E-state index in [2.05, 4.69) is 0 Å². The van der Waals surface area contributed by atoms with Crippen molar-refractivity contribution in [1.29, 1.82) is 0 Å². The fourth-order valence-electron chi connectivity index (χ4n) is 0.986. The smallest absolute Gasteiger partial charge is 0.423 e. The van der Waals surface area contributed by atoms with E-state index in [0.717, 1.165) is 0 Å². The molecule has 5 heteroatoms. The Labute approximate surface area is 80.9 Å². The topological polar surface area (TPSA) is 40.5 Å². The van der Waals surface area contributed by atoms with Gasteiger partial charge in [0.2, 0.25) is 0 Å². The highest BCUT2D eigenvalue weighted by Crippen LogP contribution is 2.17. The van der Waals surface area contributed by atoms with Crippen molar-refractivity contribution in [2.75, 3.05) is 0 Å². The van der Waals surface area contributed by atoms with Crippen LogP contribution in [-0.2, 0) is 0 Å². The standard InChI is InChI=1S/C7H7BCl2O2/c1-4-5(9)2-3-6(10)7(4)8(11)12/h2-3,11-12H,1H3. The minimum atomic E-state index is -1.57. The van der Waals surface area contributed by atoms with Gasteiger partial charge in [0.1, 0.15) is 0 Å². The Balaban J connectivity index is 3.33. The Hall–Kier alpha value is -0.215. The molecule has 2 nitrogen and oxygen atoms in total. The molecule has 1 aromatic carbocycles. The predicted molar refractivity (Wildman–Crippen MR) is 51.0 cm³/mol. The molecule has 0 spiro atoms. The van der Waals surface area contributed by atoms with E-state index in [4.69, 9.17) is 33.2 Å². The van der Waals surface area contributed by atoms with Crippen molar-refractivity contribution in [2.24, 2.45) is 0 Å². The van der Waals surface area contributed by atoms with Gasteiger partial charge in [-0.15, -0.1) is 0 Å². The Morgan fingerprint density at radius 3 is 2.08 bits per heavy atom. The zero-order valence-corrected chi connectivity index (χ0v) is 7.89. The highest BCUT2D eigenvalue weighted by Gasteiger charge is 2.19. The van der Waals surface area contributed by atoms with Crippen LogP contribution in [0.15, 0.2) is 12.1 Å². The molecule has 0 aromatic heterocycles. The minimum absolute atomic E-state index is 0.268. The van der Waals surface area contributed by atoms with Gasteiger partial charge >= 0.3 is 7.12 Å². The number of rotatable bonds is 1. The molecule has 1 aromatic rings. The molecule has 0 bridgehead atoms. The Bertz CT molecular complexity index is 302. The third-order valence-electron chi connectivity index (χ3n) is 1.65. The average Bonchev–Trinajstić information content (AvgIpc) is 1.97. The van der Waals surface area contributed by atoms with Crippen molar-refractivity contribution >= 4 is 35.8 Å². The molecule has 2 N–H and O–H groups in total. The molecule has 0 saturated heterocycles. The highest BCUT2D eigenvalue weighted by atomic mass is 35.5. The zero-order chi connectivity index (χ0) is 9.30. The Morgan fingerprint density at radius 1 is 1.17 bits per heavy atom. The number of benzene rings is 1. The molecule has 0 fully saturated rings. The maximum atomic E-state index is 8.92. The molecule has 0 unspecified atom stereocenters. The fourth-order valence-corrected chi connectivity index (χ4v) is 1.45. The maximum Gasteiger partial charge on any atom is 0.490 e. The van der Waals surface area contributed by atoms with Crippen molar-refractivity contribution in [2.45, 2.75) is 6.92 Å². The van der Waals surface area contributed by atoms with E-state index < -0.39 is 7.12 Å². The van der Waals surface area contributed by atoms with Crippen molar-refractivity contribution in [3.63, 3.8) is 0 Å². The van der Waals surface area contributed by atoms with Crippen LogP contribution in [0, 0.1) is 6.92 Å². The molecule has 64 valence electrons. The SMILES string of the molecule is Cc1c(Cl)ccc(Cl)c1B(O)O. The lowest BCUT2D eigenvalue weighted by Crippen LogP contribution is -2.33. The fraction of sp³-hybridized carbons (Fsp3) is 0.143. The largest absolute Gasteiger partial charge is 0.490 e. The van der Waals surface area contributed by atoms with Crippen LogP contribution < -0.4 is 5.46 Å². The lowest BCUT2D eigenvalue weighted by Gasteiger charge is -2.07. The Kier molecular flexibility index (Phi) is 3.01. The van der Waals surface area contributed by atoms with Gasteiger partial charge in [0.25, 0.3) is 0 Å². The summed E-state index contributed by atoms with van der Waals surface area (Å²) in [5.41, 5.74) is 0.864. The van der Waals surface area contributed by atoms with Crippen LogP contribution in [-0.4, -0.2) is 17.2 Å². The van der Waals surface area contributed by atoms with Gasteiger partial charge in [-0.25, -0.2) is 0 Å². The van der Waals surface area contributed by atoms with Gasteiger partial charge < -0.3 is 10.0 Å². The summed E-state index contributed by atoms with van der Waals surface area (Å²) in [6, 6.07) is 3.15. The first-order valence-electron chi connectivity index (χ1n) is 3.34. The molecule has 0 atom stereocenters. The second-order valence-electron chi connectivity index (χ2n) is 2.44. The molecule has 12 heavy (non-hydrogen) atoms. The van der Waals surface area contributed by atoms with E-state index in [1.54, 1.807) is 13.0 Å². The summed E-state index contributed by atoms with van der Waals surface area (Å²) in [7, 11) is -1.57. The zero-order valence-electron chi connectivity index (χ0n) is 6.38. The second-order valence-corrected chi connectivity index (χ2v) is 3.26. The monoisotopic (exact) mass is 204 g/mol. The molecule has 0 heterocycles. The third-order valence-corrected chi connectivity index (χ3v) is 2.39. The summed E-state index contributed by atoms with van der Waals surface area (Å²) in [4.78, 5) is 0. The van der Waals surface area contributed by atoms with Gasteiger partial charge in [0.05, 0.1) is 0 Å². The lowest BCUT2D eigenvalue weighted by molar-refractivity contribution is 0.425. The first-order chi connectivity index (χ1) is 5.54. The van der Waals surface area contributed by atoms with Crippen molar-refractivity contribution in [3.8, 4) is 0 Å². The van der Waals surface area contributed by atoms with Crippen molar-refractivity contribution in [3.05, 3.63) is 27.7 Å². The van der Waals surface area contributed by atoms with Gasteiger partial charge in [-0.3, -0.25) is 0 Å². The van der Waals surface area contributed by atoms with Crippen LogP contribution in [0.4, 0.5) is 0 Å². The van der Waals surface area contributed by atoms with Gasteiger partial charge in [-0.1, -0.05) is 23.2 Å². The lowest BCUT2D eigenvalue weighted by atomic mass is 9.77. The summed E-state index contributed by atoms with van der Waals surface area (Å²) in [6.07, 6.45) is 0. The summed E-state index contributed by atoms with van der Waals surface area (Å²) in [5.74, 6) is 0. The van der Waals surface area contributed by atoms with E-state index in [1.165, 1.54) is 6.07 Å². The van der Waals surface area contributed by atoms with Crippen molar-refractivity contribution in [1.82, 2.24) is 0 Å². The summed E-state index contributed by atoms with van der Waals surface area (Å²) in [6.45, 7) is 1.68. The minimum Gasteiger partial charge on any atom is -0.423 e.